The van der Waals surface area contributed by atoms with E-state index in [0.717, 1.165) is 0 Å². The van der Waals surface area contributed by atoms with Crippen LogP contribution >= 0.6 is 11.6 Å². The summed E-state index contributed by atoms with van der Waals surface area (Å²) in [7, 11) is 1.45. The second-order valence-corrected chi connectivity index (χ2v) is 5.35. The lowest BCUT2D eigenvalue weighted by Crippen LogP contribution is -2.21. The number of benzene rings is 2. The van der Waals surface area contributed by atoms with E-state index in [4.69, 9.17) is 26.8 Å². The van der Waals surface area contributed by atoms with Crippen molar-refractivity contribution in [2.75, 3.05) is 19.0 Å². The fraction of sp³-hybridized carbons (Fsp3) is 0.118. The van der Waals surface area contributed by atoms with E-state index in [0.29, 0.717) is 16.5 Å². The number of primary amides is 1. The number of methoxy groups -OCH3 is 1. The summed E-state index contributed by atoms with van der Waals surface area (Å²) in [5.74, 6) is -1.44. The van der Waals surface area contributed by atoms with Gasteiger partial charge in [-0.3, -0.25) is 9.59 Å². The first-order chi connectivity index (χ1) is 11.9. The van der Waals surface area contributed by atoms with Crippen LogP contribution in [0.1, 0.15) is 20.7 Å². The molecule has 0 radical (unpaired) electrons. The van der Waals surface area contributed by atoms with E-state index in [1.165, 1.54) is 37.4 Å². The standard InChI is InChI=1S/C17H15ClN2O5/c1-24-14-7-6-12(18)8-13(14)20-15(21)9-25-17(23)11-4-2-10(3-5-11)16(19)22/h2-8H,9H2,1H3,(H2,19,22)(H,20,21). The third-order valence-electron chi connectivity index (χ3n) is 3.18. The minimum atomic E-state index is -0.704. The molecule has 0 fully saturated rings. The summed E-state index contributed by atoms with van der Waals surface area (Å²) < 4.78 is 10.0. The Bertz CT molecular complexity index is 805. The second-order valence-electron chi connectivity index (χ2n) is 4.91. The van der Waals surface area contributed by atoms with Crippen LogP contribution in [0.15, 0.2) is 42.5 Å². The number of carbonyl (C=O) groups excluding carboxylic acids is 3. The Morgan fingerprint density at radius 1 is 1.08 bits per heavy atom. The van der Waals surface area contributed by atoms with E-state index in [9.17, 15) is 14.4 Å². The Morgan fingerprint density at radius 3 is 2.32 bits per heavy atom. The number of nitrogens with two attached hydrogens (primary N) is 1. The summed E-state index contributed by atoms with van der Waals surface area (Å²) in [5.41, 5.74) is 5.94. The first-order valence-electron chi connectivity index (χ1n) is 7.11. The maximum absolute atomic E-state index is 11.9. The van der Waals surface area contributed by atoms with Gasteiger partial charge in [0, 0.05) is 10.6 Å². The molecule has 0 aliphatic heterocycles. The summed E-state index contributed by atoms with van der Waals surface area (Å²) in [6.45, 7) is -0.494. The molecule has 0 heterocycles. The summed E-state index contributed by atoms with van der Waals surface area (Å²) in [4.78, 5) is 34.8. The Hall–Kier alpha value is -3.06. The first kappa shape index (κ1) is 18.3. The van der Waals surface area contributed by atoms with Gasteiger partial charge < -0.3 is 20.5 Å². The molecule has 0 bridgehead atoms. The molecule has 0 saturated carbocycles. The molecule has 0 aliphatic rings. The topological polar surface area (TPSA) is 108 Å². The molecule has 0 atom stereocenters. The van der Waals surface area contributed by atoms with E-state index in [1.54, 1.807) is 12.1 Å². The van der Waals surface area contributed by atoms with Gasteiger partial charge in [-0.25, -0.2) is 4.79 Å². The summed E-state index contributed by atoms with van der Waals surface area (Å²) >= 11 is 5.87. The molecule has 3 N–H and O–H groups in total. The van der Waals surface area contributed by atoms with Gasteiger partial charge in [0.25, 0.3) is 5.91 Å². The normalized spacial score (nSPS) is 10.0. The molecule has 0 spiro atoms. The van der Waals surface area contributed by atoms with Crippen LogP contribution in [-0.4, -0.2) is 31.5 Å². The summed E-state index contributed by atoms with van der Waals surface area (Å²) in [5, 5.41) is 2.97. The van der Waals surface area contributed by atoms with Gasteiger partial charge in [-0.1, -0.05) is 11.6 Å². The number of esters is 1. The molecule has 25 heavy (non-hydrogen) atoms. The van der Waals surface area contributed by atoms with Gasteiger partial charge >= 0.3 is 5.97 Å². The van der Waals surface area contributed by atoms with Crippen molar-refractivity contribution in [2.24, 2.45) is 5.73 Å². The van der Waals surface area contributed by atoms with Crippen LogP contribution in [0.4, 0.5) is 5.69 Å². The zero-order valence-electron chi connectivity index (χ0n) is 13.2. The van der Waals surface area contributed by atoms with Crippen molar-refractivity contribution in [2.45, 2.75) is 0 Å². The molecular weight excluding hydrogens is 348 g/mol. The number of hydrogen-bond acceptors (Lipinski definition) is 5. The number of ether oxygens (including phenoxy) is 2. The monoisotopic (exact) mass is 362 g/mol. The molecule has 0 saturated heterocycles. The lowest BCUT2D eigenvalue weighted by atomic mass is 10.1. The van der Waals surface area contributed by atoms with E-state index < -0.39 is 24.4 Å². The predicted molar refractivity (Wildman–Crippen MR) is 91.9 cm³/mol. The summed E-state index contributed by atoms with van der Waals surface area (Å²) in [6.07, 6.45) is 0. The molecule has 2 aromatic carbocycles. The number of anilines is 1. The van der Waals surface area contributed by atoms with Crippen LogP contribution in [0.3, 0.4) is 0 Å². The van der Waals surface area contributed by atoms with Crippen molar-refractivity contribution in [3.63, 3.8) is 0 Å². The van der Waals surface area contributed by atoms with Crippen LogP contribution in [-0.2, 0) is 9.53 Å². The fourth-order valence-corrected chi connectivity index (χ4v) is 2.12. The molecule has 2 amide bonds. The Balaban J connectivity index is 1.94. The molecule has 0 unspecified atom stereocenters. The minimum absolute atomic E-state index is 0.193. The van der Waals surface area contributed by atoms with Crippen LogP contribution < -0.4 is 15.8 Å². The predicted octanol–water partition coefficient (Wildman–Crippen LogP) is 2.24. The average Bonchev–Trinajstić information content (AvgIpc) is 2.60. The highest BCUT2D eigenvalue weighted by Gasteiger charge is 2.13. The maximum Gasteiger partial charge on any atom is 0.338 e. The highest BCUT2D eigenvalue weighted by molar-refractivity contribution is 6.31. The van der Waals surface area contributed by atoms with Gasteiger partial charge in [0.05, 0.1) is 18.4 Å². The molecule has 8 heteroatoms. The number of nitrogens with one attached hydrogen (secondary N) is 1. The van der Waals surface area contributed by atoms with Gasteiger partial charge in [-0.2, -0.15) is 0 Å². The van der Waals surface area contributed by atoms with Crippen molar-refractivity contribution in [1.82, 2.24) is 0 Å². The van der Waals surface area contributed by atoms with Gasteiger partial charge in [-0.05, 0) is 42.5 Å². The number of halogens is 1. The lowest BCUT2D eigenvalue weighted by Gasteiger charge is -2.11. The van der Waals surface area contributed by atoms with Crippen LogP contribution in [0, 0.1) is 0 Å². The number of carbonyl (C=O) groups is 3. The second kappa shape index (κ2) is 8.16. The molecule has 7 nitrogen and oxygen atoms in total. The maximum atomic E-state index is 11.9. The third-order valence-corrected chi connectivity index (χ3v) is 3.41. The average molecular weight is 363 g/mol. The van der Waals surface area contributed by atoms with Crippen molar-refractivity contribution in [3.05, 3.63) is 58.6 Å². The lowest BCUT2D eigenvalue weighted by molar-refractivity contribution is -0.119. The Morgan fingerprint density at radius 2 is 1.72 bits per heavy atom. The molecule has 130 valence electrons. The minimum Gasteiger partial charge on any atom is -0.495 e. The van der Waals surface area contributed by atoms with Crippen molar-refractivity contribution < 1.29 is 23.9 Å². The van der Waals surface area contributed by atoms with Crippen LogP contribution in [0.25, 0.3) is 0 Å². The molecule has 0 aromatic heterocycles. The molecule has 2 rings (SSSR count). The van der Waals surface area contributed by atoms with Crippen LogP contribution in [0.2, 0.25) is 5.02 Å². The van der Waals surface area contributed by atoms with Gasteiger partial charge in [0.1, 0.15) is 5.75 Å². The molecule has 2 aromatic rings. The van der Waals surface area contributed by atoms with E-state index in [2.05, 4.69) is 5.32 Å². The van der Waals surface area contributed by atoms with E-state index in [1.807, 2.05) is 0 Å². The highest BCUT2D eigenvalue weighted by atomic mass is 35.5. The zero-order valence-corrected chi connectivity index (χ0v) is 14.0. The van der Waals surface area contributed by atoms with Gasteiger partial charge in [0.15, 0.2) is 6.61 Å². The van der Waals surface area contributed by atoms with Crippen molar-refractivity contribution in [3.8, 4) is 5.75 Å². The van der Waals surface area contributed by atoms with E-state index in [-0.39, 0.29) is 11.1 Å². The SMILES string of the molecule is COc1ccc(Cl)cc1NC(=O)COC(=O)c1ccc(C(N)=O)cc1. The smallest absolute Gasteiger partial charge is 0.338 e. The fourth-order valence-electron chi connectivity index (χ4n) is 1.95. The Kier molecular flexibility index (Phi) is 5.97. The van der Waals surface area contributed by atoms with Gasteiger partial charge in [0.2, 0.25) is 5.91 Å². The Labute approximate surface area is 148 Å². The number of amides is 2. The van der Waals surface area contributed by atoms with E-state index >= 15 is 0 Å². The van der Waals surface area contributed by atoms with Gasteiger partial charge in [-0.15, -0.1) is 0 Å². The van der Waals surface area contributed by atoms with Crippen molar-refractivity contribution >= 4 is 35.1 Å². The highest BCUT2D eigenvalue weighted by Crippen LogP contribution is 2.27. The molecular formula is C17H15ClN2O5. The zero-order chi connectivity index (χ0) is 18.4. The van der Waals surface area contributed by atoms with Crippen molar-refractivity contribution in [1.29, 1.82) is 0 Å². The molecule has 0 aliphatic carbocycles. The largest absolute Gasteiger partial charge is 0.495 e. The quantitative estimate of drug-likeness (QED) is 0.766. The summed E-state index contributed by atoms with van der Waals surface area (Å²) in [6, 6.07) is 10.3. The number of hydrogen-bond donors (Lipinski definition) is 2. The first-order valence-corrected chi connectivity index (χ1v) is 7.49. The third kappa shape index (κ3) is 4.95. The van der Waals surface area contributed by atoms with Crippen LogP contribution in [0.5, 0.6) is 5.75 Å². The number of rotatable bonds is 6.